The molecule has 0 N–H and O–H groups in total. The standard InChI is InChI=1S/4C12H4N4.4C12H6S3/c4*13-5-11(6-14)9-1-2-10(4-3-9)12(7-15)8-16;4*1-7-8(2-13-1)10-4-15-6-12(10)11-5-14-3-9(7)11/h4*1-4H;4*1-6H. The molecule has 0 bridgehead atoms. The maximum absolute atomic E-state index is 8.63. The Bertz CT molecular complexity index is 6750. The zero-order valence-electron chi connectivity index (χ0n) is 63.1. The van der Waals surface area contributed by atoms with Crippen LogP contribution in [0.15, 0.2) is 226 Å². The largest absolute Gasteiger partial charge is 0.192 e. The number of nitrogens with zero attached hydrogens (tertiary/aromatic N) is 16. The Morgan fingerprint density at radius 2 is 0.169 bits per heavy atom. The van der Waals surface area contributed by atoms with E-state index >= 15 is 0 Å². The molecule has 0 spiro atoms. The number of thiophene rings is 12. The first kappa shape index (κ1) is 85.9. The van der Waals surface area contributed by atoms with Crippen LogP contribution < -0.4 is 41.7 Å². The molecule has 0 aliphatic rings. The summed E-state index contributed by atoms with van der Waals surface area (Å²) >= 11 is 21.6. The lowest BCUT2D eigenvalue weighted by Gasteiger charge is -1.97. The van der Waals surface area contributed by atoms with Crippen LogP contribution in [0, 0.1) is 181 Å². The van der Waals surface area contributed by atoms with Crippen LogP contribution in [0.4, 0.5) is 0 Å². The molecule has 16 nitrogen and oxygen atoms in total. The molecule has 0 fully saturated rings. The molecule has 576 valence electrons. The fraction of sp³-hybridized carbons (Fsp3) is 0. The number of rotatable bonds is 0. The van der Waals surface area contributed by atoms with Crippen LogP contribution in [0.2, 0.25) is 0 Å². The van der Waals surface area contributed by atoms with E-state index in [1.165, 1.54) is 226 Å². The van der Waals surface area contributed by atoms with Crippen molar-refractivity contribution >= 4 is 310 Å². The second-order valence-corrected chi connectivity index (χ2v) is 34.4. The van der Waals surface area contributed by atoms with Gasteiger partial charge in [0.1, 0.15) is 142 Å². The van der Waals surface area contributed by atoms with Crippen molar-refractivity contribution in [3.05, 3.63) is 268 Å². The van der Waals surface area contributed by atoms with Crippen molar-refractivity contribution in [1.82, 2.24) is 0 Å². The molecule has 20 aromatic rings. The third-order valence-electron chi connectivity index (χ3n) is 19.1. The Balaban J connectivity index is 0.000000122. The summed E-state index contributed by atoms with van der Waals surface area (Å²) in [7, 11) is 0. The van der Waals surface area contributed by atoms with Crippen molar-refractivity contribution in [3.63, 3.8) is 0 Å². The van der Waals surface area contributed by atoms with Gasteiger partial charge in [-0.3, -0.25) is 0 Å². The quantitative estimate of drug-likeness (QED) is 0.136. The van der Waals surface area contributed by atoms with E-state index in [9.17, 15) is 0 Å². The molecule has 8 aromatic carbocycles. The van der Waals surface area contributed by atoms with Gasteiger partial charge in [0.2, 0.25) is 0 Å². The molecule has 124 heavy (non-hydrogen) atoms. The summed E-state index contributed by atoms with van der Waals surface area (Å²) in [6.45, 7) is 0. The Morgan fingerprint density at radius 3 is 0.218 bits per heavy atom. The SMILES string of the molecule is N#CC(C#N)=c1ccc(=C(C#N)C#N)cc1.N#CC(C#N)=c1ccc(=C(C#N)C#N)cc1.N#CC(C#N)=c1ccc(=C(C#N)C#N)cc1.N#CC(C#N)=c1ccc(=C(C#N)C#N)cc1.c1scc2c1c1cscc1c1cscc21.c1scc2c1c1cscc1c1cscc21.c1scc2c1c1cscc1c1cscc21.c1scc2c1c1cscc1c1cscc21. The predicted octanol–water partition coefficient (Wildman–Crippen LogP) is 21.7. The molecule has 0 radical (unpaired) electrons. The van der Waals surface area contributed by atoms with Gasteiger partial charge in [-0.05, 0) is 129 Å². The molecule has 28 heteroatoms. The highest BCUT2D eigenvalue weighted by molar-refractivity contribution is 7.15. The van der Waals surface area contributed by atoms with Crippen molar-refractivity contribution < 1.29 is 0 Å². The average Bonchev–Trinajstić information content (AvgIpc) is 1.61. The molecule has 0 aliphatic carbocycles. The lowest BCUT2D eigenvalue weighted by Crippen LogP contribution is -2.11. The molecule has 20 rings (SSSR count). The molecular formula is C96H40N16S12. The number of hydrogen-bond acceptors (Lipinski definition) is 28. The van der Waals surface area contributed by atoms with Crippen molar-refractivity contribution in [2.24, 2.45) is 0 Å². The van der Waals surface area contributed by atoms with E-state index in [0.29, 0.717) is 41.7 Å². The zero-order valence-corrected chi connectivity index (χ0v) is 72.9. The molecule has 0 saturated heterocycles. The summed E-state index contributed by atoms with van der Waals surface area (Å²) in [5, 5.41) is 230. The van der Waals surface area contributed by atoms with Crippen LogP contribution >= 0.6 is 136 Å². The minimum Gasteiger partial charge on any atom is -0.192 e. The van der Waals surface area contributed by atoms with Gasteiger partial charge >= 0.3 is 0 Å². The minimum atomic E-state index is 0.00187. The molecule has 12 aromatic heterocycles. The lowest BCUT2D eigenvalue weighted by molar-refractivity contribution is 1.46. The van der Waals surface area contributed by atoms with Crippen molar-refractivity contribution in [2.45, 2.75) is 0 Å². The van der Waals surface area contributed by atoms with Gasteiger partial charge in [0.15, 0.2) is 0 Å². The van der Waals surface area contributed by atoms with E-state index in [2.05, 4.69) is 129 Å². The Hall–Kier alpha value is -15.9. The third-order valence-corrected chi connectivity index (χ3v) is 28.0. The fourth-order valence-electron chi connectivity index (χ4n) is 13.0. The molecule has 0 amide bonds. The van der Waals surface area contributed by atoms with Gasteiger partial charge in [-0.1, -0.05) is 97.1 Å². The van der Waals surface area contributed by atoms with Crippen molar-refractivity contribution in [3.8, 4) is 97.1 Å². The maximum atomic E-state index is 8.63. The van der Waals surface area contributed by atoms with E-state index in [4.69, 9.17) is 84.2 Å². The van der Waals surface area contributed by atoms with Crippen LogP contribution in [-0.2, 0) is 0 Å². The molecule has 0 aliphatic heterocycles. The summed E-state index contributed by atoms with van der Waals surface area (Å²) in [5.74, 6) is 0. The monoisotopic (exact) mass is 1800 g/mol. The first-order chi connectivity index (χ1) is 60.8. The van der Waals surface area contributed by atoms with E-state index in [1.54, 1.807) is 233 Å². The van der Waals surface area contributed by atoms with Crippen LogP contribution in [0.25, 0.3) is 174 Å². The van der Waals surface area contributed by atoms with Crippen molar-refractivity contribution in [1.29, 1.82) is 84.2 Å². The highest BCUT2D eigenvalue weighted by Crippen LogP contribution is 2.44. The molecular weight excluding hydrogens is 1760 g/mol. The van der Waals surface area contributed by atoms with Gasteiger partial charge in [0.25, 0.3) is 0 Å². The Morgan fingerprint density at radius 1 is 0.113 bits per heavy atom. The predicted molar refractivity (Wildman–Crippen MR) is 510 cm³/mol. The zero-order chi connectivity index (χ0) is 87.2. The van der Waals surface area contributed by atoms with Gasteiger partial charge < -0.3 is 0 Å². The molecule has 12 heterocycles. The molecule has 0 atom stereocenters. The second-order valence-electron chi connectivity index (χ2n) is 25.5. The highest BCUT2D eigenvalue weighted by Gasteiger charge is 2.15. The van der Waals surface area contributed by atoms with E-state index < -0.39 is 0 Å². The van der Waals surface area contributed by atoms with E-state index in [-0.39, 0.29) is 44.6 Å². The second kappa shape index (κ2) is 40.7. The first-order valence-corrected chi connectivity index (χ1v) is 46.8. The van der Waals surface area contributed by atoms with Crippen LogP contribution in [0.1, 0.15) is 0 Å². The van der Waals surface area contributed by atoms with Gasteiger partial charge in [-0.2, -0.15) is 220 Å². The van der Waals surface area contributed by atoms with Crippen LogP contribution in [-0.4, -0.2) is 0 Å². The van der Waals surface area contributed by atoms with Crippen molar-refractivity contribution in [2.75, 3.05) is 0 Å². The van der Waals surface area contributed by atoms with Gasteiger partial charge in [0, 0.05) is 171 Å². The smallest absolute Gasteiger partial charge is 0.136 e. The minimum absolute atomic E-state index is 0.00187. The van der Waals surface area contributed by atoms with Gasteiger partial charge in [-0.15, -0.1) is 0 Å². The Labute approximate surface area is 751 Å². The first-order valence-electron chi connectivity index (χ1n) is 35.4. The van der Waals surface area contributed by atoms with Crippen LogP contribution in [0.3, 0.4) is 0 Å². The number of nitriles is 16. The molecule has 0 unspecified atom stereocenters. The number of hydrogen-bond donors (Lipinski definition) is 0. The molecule has 0 saturated carbocycles. The normalized spacial score (nSPS) is 9.81. The summed E-state index contributed by atoms with van der Waals surface area (Å²) in [5.41, 5.74) is 0.0149. The maximum Gasteiger partial charge on any atom is 0.136 e. The summed E-state index contributed by atoms with van der Waals surface area (Å²) in [6, 6.07) is 52.8. The Kier molecular flexibility index (Phi) is 28.2. The van der Waals surface area contributed by atoms with Crippen LogP contribution in [0.5, 0.6) is 0 Å². The highest BCUT2D eigenvalue weighted by atomic mass is 32.1. The fourth-order valence-corrected chi connectivity index (χ4v) is 23.2. The average molecular weight is 1800 g/mol. The third kappa shape index (κ3) is 17.9. The summed E-state index contributed by atoms with van der Waals surface area (Å²) in [6.07, 6.45) is 0. The number of benzene rings is 8. The number of fused-ring (bicyclic) bond motifs is 24. The summed E-state index contributed by atoms with van der Waals surface area (Å²) in [4.78, 5) is 0. The van der Waals surface area contributed by atoms with Gasteiger partial charge in [0.05, 0.1) is 0 Å². The summed E-state index contributed by atoms with van der Waals surface area (Å²) < 4.78 is 0. The van der Waals surface area contributed by atoms with E-state index in [1.807, 2.05) is 0 Å². The lowest BCUT2D eigenvalue weighted by atomic mass is 10.0. The van der Waals surface area contributed by atoms with Gasteiger partial charge in [-0.25, -0.2) is 0 Å². The van der Waals surface area contributed by atoms with E-state index in [0.717, 1.165) is 0 Å². The topological polar surface area (TPSA) is 381 Å².